The lowest BCUT2D eigenvalue weighted by Gasteiger charge is -2.14. The third-order valence-electron chi connectivity index (χ3n) is 4.76. The molecule has 1 atom stereocenters. The Labute approximate surface area is 173 Å². The van der Waals surface area contributed by atoms with E-state index in [1.807, 2.05) is 54.4 Å². The van der Waals surface area contributed by atoms with Crippen molar-refractivity contribution in [2.45, 2.75) is 26.4 Å². The smallest absolute Gasteiger partial charge is 0.322 e. The lowest BCUT2D eigenvalue weighted by molar-refractivity contribution is 0.183. The van der Waals surface area contributed by atoms with Crippen molar-refractivity contribution in [2.75, 3.05) is 30.5 Å². The average molecular weight is 413 g/mol. The summed E-state index contributed by atoms with van der Waals surface area (Å²) in [4.78, 5) is 18.4. The molecule has 3 heterocycles. The summed E-state index contributed by atoms with van der Waals surface area (Å²) in [6.45, 7) is 5.98. The van der Waals surface area contributed by atoms with Crippen LogP contribution in [0.2, 0.25) is 0 Å². The van der Waals surface area contributed by atoms with E-state index in [9.17, 15) is 4.79 Å². The van der Waals surface area contributed by atoms with E-state index >= 15 is 0 Å². The number of hydrogen-bond acceptors (Lipinski definition) is 6. The maximum absolute atomic E-state index is 12.0. The van der Waals surface area contributed by atoms with E-state index in [1.54, 1.807) is 23.3 Å². The van der Waals surface area contributed by atoms with E-state index in [0.29, 0.717) is 19.7 Å². The van der Waals surface area contributed by atoms with E-state index in [4.69, 9.17) is 9.72 Å². The van der Waals surface area contributed by atoms with Crippen LogP contribution in [0, 0.1) is 6.92 Å². The number of rotatable bonds is 7. The Kier molecular flexibility index (Phi) is 5.50. The minimum absolute atomic E-state index is 0.0492. The molecule has 0 radical (unpaired) electrons. The van der Waals surface area contributed by atoms with Crippen molar-refractivity contribution < 1.29 is 9.53 Å². The molecule has 0 unspecified atom stereocenters. The first kappa shape index (κ1) is 19.4. The number of nitrogens with one attached hydrogen (secondary N) is 2. The van der Waals surface area contributed by atoms with Gasteiger partial charge in [-0.3, -0.25) is 9.58 Å². The molecule has 1 fully saturated rings. The zero-order valence-corrected chi connectivity index (χ0v) is 17.5. The molecule has 0 bridgehead atoms. The van der Waals surface area contributed by atoms with Crippen molar-refractivity contribution in [3.8, 4) is 11.3 Å². The molecule has 2 aromatic heterocycles. The van der Waals surface area contributed by atoms with Crippen LogP contribution in [-0.2, 0) is 11.3 Å². The van der Waals surface area contributed by atoms with Crippen molar-refractivity contribution in [2.24, 2.45) is 0 Å². The standard InChI is InChI=1S/C20H24N6O2S/c1-13-10-26(20(27)21-13)16-6-4-15(5-7-16)18-12-29-19(23-18)22-17-11-25(8-9-28-3)24-14(17)2/h4-7,11-13H,8-10H2,1-3H3,(H,21,27)(H,22,23)/t13-/m1/s1. The summed E-state index contributed by atoms with van der Waals surface area (Å²) in [7, 11) is 1.68. The summed E-state index contributed by atoms with van der Waals surface area (Å²) in [5.74, 6) is 0. The van der Waals surface area contributed by atoms with Crippen LogP contribution < -0.4 is 15.5 Å². The molecule has 1 aromatic carbocycles. The van der Waals surface area contributed by atoms with Crippen LogP contribution in [0.25, 0.3) is 11.3 Å². The van der Waals surface area contributed by atoms with Crippen LogP contribution in [-0.4, -0.2) is 47.1 Å². The van der Waals surface area contributed by atoms with Gasteiger partial charge < -0.3 is 15.4 Å². The second-order valence-electron chi connectivity index (χ2n) is 7.05. The molecule has 0 saturated carbocycles. The van der Waals surface area contributed by atoms with Gasteiger partial charge in [-0.2, -0.15) is 5.10 Å². The highest BCUT2D eigenvalue weighted by Crippen LogP contribution is 2.29. The highest BCUT2D eigenvalue weighted by atomic mass is 32.1. The number of urea groups is 1. The fraction of sp³-hybridized carbons (Fsp3) is 0.350. The summed E-state index contributed by atoms with van der Waals surface area (Å²) in [6.07, 6.45) is 1.96. The van der Waals surface area contributed by atoms with Crippen LogP contribution >= 0.6 is 11.3 Å². The zero-order chi connectivity index (χ0) is 20.4. The molecular weight excluding hydrogens is 388 g/mol. The first-order valence-corrected chi connectivity index (χ1v) is 10.4. The van der Waals surface area contributed by atoms with Gasteiger partial charge in [0.1, 0.15) is 0 Å². The Morgan fingerprint density at radius 3 is 2.83 bits per heavy atom. The number of methoxy groups -OCH3 is 1. The quantitative estimate of drug-likeness (QED) is 0.619. The van der Waals surface area contributed by atoms with E-state index in [0.717, 1.165) is 33.5 Å². The van der Waals surface area contributed by atoms with Crippen molar-refractivity contribution in [1.29, 1.82) is 0 Å². The summed E-state index contributed by atoms with van der Waals surface area (Å²) < 4.78 is 6.97. The van der Waals surface area contributed by atoms with Crippen molar-refractivity contribution in [3.05, 3.63) is 41.5 Å². The number of carbonyl (C=O) groups is 1. The van der Waals surface area contributed by atoms with Gasteiger partial charge in [-0.05, 0) is 26.0 Å². The van der Waals surface area contributed by atoms with Gasteiger partial charge in [-0.15, -0.1) is 11.3 Å². The van der Waals surface area contributed by atoms with E-state index < -0.39 is 0 Å². The fourth-order valence-electron chi connectivity index (χ4n) is 3.24. The molecule has 4 rings (SSSR count). The van der Waals surface area contributed by atoms with Gasteiger partial charge in [0.15, 0.2) is 5.13 Å². The Balaban J connectivity index is 1.45. The van der Waals surface area contributed by atoms with Crippen molar-refractivity contribution in [1.82, 2.24) is 20.1 Å². The Bertz CT molecular complexity index is 997. The first-order valence-electron chi connectivity index (χ1n) is 9.47. The van der Waals surface area contributed by atoms with Gasteiger partial charge in [0.25, 0.3) is 0 Å². The monoisotopic (exact) mass is 412 g/mol. The normalized spacial score (nSPS) is 16.3. The lowest BCUT2D eigenvalue weighted by Crippen LogP contribution is -2.27. The van der Waals surface area contributed by atoms with Crippen LogP contribution in [0.5, 0.6) is 0 Å². The number of aryl methyl sites for hydroxylation is 1. The number of ether oxygens (including phenoxy) is 1. The third kappa shape index (κ3) is 4.25. The molecule has 29 heavy (non-hydrogen) atoms. The second-order valence-corrected chi connectivity index (χ2v) is 7.91. The molecule has 0 spiro atoms. The maximum Gasteiger partial charge on any atom is 0.322 e. The van der Waals surface area contributed by atoms with Crippen LogP contribution in [0.4, 0.5) is 21.3 Å². The zero-order valence-electron chi connectivity index (χ0n) is 16.7. The third-order valence-corrected chi connectivity index (χ3v) is 5.52. The van der Waals surface area contributed by atoms with E-state index in [1.165, 1.54) is 0 Å². The number of amides is 2. The number of hydrogen-bond donors (Lipinski definition) is 2. The van der Waals surface area contributed by atoms with Gasteiger partial charge in [0.05, 0.1) is 30.2 Å². The topological polar surface area (TPSA) is 84.3 Å². The number of anilines is 3. The minimum Gasteiger partial charge on any atom is -0.383 e. The van der Waals surface area contributed by atoms with Crippen molar-refractivity contribution in [3.63, 3.8) is 0 Å². The minimum atomic E-state index is -0.0492. The Morgan fingerprint density at radius 1 is 1.34 bits per heavy atom. The Morgan fingerprint density at radius 2 is 2.14 bits per heavy atom. The van der Waals surface area contributed by atoms with Crippen molar-refractivity contribution >= 4 is 33.9 Å². The van der Waals surface area contributed by atoms with Crippen LogP contribution in [0.3, 0.4) is 0 Å². The summed E-state index contributed by atoms with van der Waals surface area (Å²) in [5.41, 5.74) is 4.65. The molecular formula is C20H24N6O2S. The maximum atomic E-state index is 12.0. The lowest BCUT2D eigenvalue weighted by atomic mass is 10.1. The van der Waals surface area contributed by atoms with Gasteiger partial charge in [-0.25, -0.2) is 9.78 Å². The molecule has 3 aromatic rings. The Hall–Kier alpha value is -2.91. The summed E-state index contributed by atoms with van der Waals surface area (Å²) >= 11 is 1.55. The number of benzene rings is 1. The van der Waals surface area contributed by atoms with Gasteiger partial charge in [0.2, 0.25) is 0 Å². The molecule has 8 nitrogen and oxygen atoms in total. The van der Waals surface area contributed by atoms with E-state index in [-0.39, 0.29) is 12.1 Å². The molecule has 0 aliphatic carbocycles. The molecule has 9 heteroatoms. The summed E-state index contributed by atoms with van der Waals surface area (Å²) in [6, 6.07) is 8.03. The molecule has 152 valence electrons. The highest BCUT2D eigenvalue weighted by Gasteiger charge is 2.26. The van der Waals surface area contributed by atoms with Crippen LogP contribution in [0.1, 0.15) is 12.6 Å². The molecule has 2 N–H and O–H groups in total. The van der Waals surface area contributed by atoms with Gasteiger partial charge >= 0.3 is 6.03 Å². The largest absolute Gasteiger partial charge is 0.383 e. The SMILES string of the molecule is COCCn1cc(Nc2nc(-c3ccc(N4C[C@@H](C)NC4=O)cc3)cs2)c(C)n1. The number of carbonyl (C=O) groups excluding carboxylic acids is 1. The number of nitrogens with zero attached hydrogens (tertiary/aromatic N) is 4. The predicted molar refractivity (Wildman–Crippen MR) is 115 cm³/mol. The van der Waals surface area contributed by atoms with Gasteiger partial charge in [-0.1, -0.05) is 12.1 Å². The fourth-order valence-corrected chi connectivity index (χ4v) is 3.98. The van der Waals surface area contributed by atoms with E-state index in [2.05, 4.69) is 15.7 Å². The number of thiazole rings is 1. The first-order chi connectivity index (χ1) is 14.0. The van der Waals surface area contributed by atoms with Crippen LogP contribution in [0.15, 0.2) is 35.8 Å². The second kappa shape index (κ2) is 8.22. The van der Waals surface area contributed by atoms with Gasteiger partial charge in [0, 0.05) is 42.5 Å². The highest BCUT2D eigenvalue weighted by molar-refractivity contribution is 7.14. The molecule has 1 aliphatic rings. The predicted octanol–water partition coefficient (Wildman–Crippen LogP) is 3.62. The molecule has 1 saturated heterocycles. The average Bonchev–Trinajstić information content (AvgIpc) is 3.40. The number of aromatic nitrogens is 3. The molecule has 1 aliphatic heterocycles. The summed E-state index contributed by atoms with van der Waals surface area (Å²) in [5, 5.41) is 13.6. The molecule has 2 amide bonds.